The van der Waals surface area contributed by atoms with E-state index in [0.29, 0.717) is 17.8 Å². The summed E-state index contributed by atoms with van der Waals surface area (Å²) < 4.78 is 2.73. The molecule has 1 unspecified atom stereocenters. The zero-order valence-electron chi connectivity index (χ0n) is 18.8. The summed E-state index contributed by atoms with van der Waals surface area (Å²) in [7, 11) is 0. The fourth-order valence-corrected chi connectivity index (χ4v) is 4.93. The molecule has 5 rings (SSSR count). The van der Waals surface area contributed by atoms with Crippen molar-refractivity contribution < 1.29 is 9.59 Å². The Bertz CT molecular complexity index is 1290. The number of carbonyl (C=O) groups excluding carboxylic acids is 2. The van der Waals surface area contributed by atoms with E-state index in [1.807, 2.05) is 55.5 Å². The first-order valence-corrected chi connectivity index (χ1v) is 11.8. The Kier molecular flexibility index (Phi) is 5.24. The summed E-state index contributed by atoms with van der Waals surface area (Å²) in [6.07, 6.45) is 2.79. The van der Waals surface area contributed by atoms with Gasteiger partial charge in [0.15, 0.2) is 5.78 Å². The van der Waals surface area contributed by atoms with Crippen molar-refractivity contribution in [3.05, 3.63) is 87.2 Å². The number of ketones is 1. The van der Waals surface area contributed by atoms with E-state index in [4.69, 9.17) is 0 Å². The summed E-state index contributed by atoms with van der Waals surface area (Å²) in [4.78, 5) is 26.5. The number of amides is 1. The largest absolute Gasteiger partial charge is 0.343 e. The molecule has 7 heteroatoms. The summed E-state index contributed by atoms with van der Waals surface area (Å²) >= 11 is 3.49. The number of fused-ring (bicyclic) bond motifs is 1. The number of rotatable bonds is 3. The number of carbonyl (C=O) groups is 2. The van der Waals surface area contributed by atoms with Crippen LogP contribution in [0.4, 0.5) is 11.5 Å². The zero-order chi connectivity index (χ0) is 23.3. The third-order valence-corrected chi connectivity index (χ3v) is 6.77. The second-order valence-electron chi connectivity index (χ2n) is 9.58. The molecular formula is C26H25BrN4O2. The van der Waals surface area contributed by atoms with Gasteiger partial charge in [0.2, 0.25) is 0 Å². The minimum absolute atomic E-state index is 0.119. The Morgan fingerprint density at radius 2 is 1.82 bits per heavy atom. The number of allylic oxidation sites excluding steroid dienone is 2. The summed E-state index contributed by atoms with van der Waals surface area (Å²) in [6.45, 7) is 6.20. The van der Waals surface area contributed by atoms with Crippen LogP contribution in [0.15, 0.2) is 70.5 Å². The highest BCUT2D eigenvalue weighted by Gasteiger charge is 2.42. The van der Waals surface area contributed by atoms with Crippen LogP contribution >= 0.6 is 15.9 Å². The van der Waals surface area contributed by atoms with Crippen LogP contribution in [0.2, 0.25) is 0 Å². The molecule has 0 fully saturated rings. The Hall–Kier alpha value is -3.19. The van der Waals surface area contributed by atoms with Gasteiger partial charge in [0.25, 0.3) is 5.91 Å². The fourth-order valence-electron chi connectivity index (χ4n) is 4.67. The molecule has 168 valence electrons. The lowest BCUT2D eigenvalue weighted by molar-refractivity contribution is -0.118. The number of halogens is 1. The number of aromatic nitrogens is 2. The Morgan fingerprint density at radius 3 is 2.52 bits per heavy atom. The van der Waals surface area contributed by atoms with Crippen molar-refractivity contribution in [3.63, 3.8) is 0 Å². The molecule has 2 aromatic carbocycles. The van der Waals surface area contributed by atoms with Gasteiger partial charge in [-0.25, -0.2) is 4.68 Å². The molecule has 1 aliphatic heterocycles. The van der Waals surface area contributed by atoms with Gasteiger partial charge in [-0.15, -0.1) is 0 Å². The molecule has 1 aliphatic carbocycles. The molecule has 0 spiro atoms. The van der Waals surface area contributed by atoms with Crippen molar-refractivity contribution in [2.24, 2.45) is 5.41 Å². The van der Waals surface area contributed by atoms with Crippen LogP contribution in [0.5, 0.6) is 0 Å². The van der Waals surface area contributed by atoms with E-state index >= 15 is 0 Å². The molecule has 0 saturated carbocycles. The monoisotopic (exact) mass is 504 g/mol. The zero-order valence-corrected chi connectivity index (χ0v) is 20.4. The number of Topliss-reactive ketones (excluding diaryl/α,β-unsaturated/α-hetero) is 1. The van der Waals surface area contributed by atoms with E-state index < -0.39 is 0 Å². The van der Waals surface area contributed by atoms with Gasteiger partial charge in [-0.3, -0.25) is 9.59 Å². The average molecular weight is 505 g/mol. The highest BCUT2D eigenvalue weighted by atomic mass is 79.9. The number of benzene rings is 2. The van der Waals surface area contributed by atoms with Crippen LogP contribution in [0.3, 0.4) is 0 Å². The Morgan fingerprint density at radius 1 is 1.12 bits per heavy atom. The maximum atomic E-state index is 13.3. The molecule has 0 saturated heterocycles. The molecule has 2 heterocycles. The number of nitrogens with one attached hydrogen (secondary N) is 2. The highest BCUT2D eigenvalue weighted by Crippen LogP contribution is 2.46. The van der Waals surface area contributed by atoms with Gasteiger partial charge in [-0.05, 0) is 48.6 Å². The van der Waals surface area contributed by atoms with E-state index in [0.717, 1.165) is 39.0 Å². The lowest BCUT2D eigenvalue weighted by Gasteiger charge is -2.39. The van der Waals surface area contributed by atoms with Crippen LogP contribution in [-0.2, 0) is 4.79 Å². The molecule has 6 nitrogen and oxygen atoms in total. The number of hydrogen-bond acceptors (Lipinski definition) is 4. The third kappa shape index (κ3) is 4.02. The van der Waals surface area contributed by atoms with Gasteiger partial charge in [0.05, 0.1) is 6.20 Å². The Balaban J connectivity index is 1.58. The van der Waals surface area contributed by atoms with Crippen LogP contribution in [0.1, 0.15) is 54.2 Å². The molecule has 0 radical (unpaired) electrons. The summed E-state index contributed by atoms with van der Waals surface area (Å²) in [5.74, 6) is 0.484. The molecule has 0 bridgehead atoms. The first-order valence-electron chi connectivity index (χ1n) is 11.0. The maximum Gasteiger partial charge on any atom is 0.261 e. The predicted octanol–water partition coefficient (Wildman–Crippen LogP) is 5.86. The normalized spacial score (nSPS) is 18.9. The van der Waals surface area contributed by atoms with Crippen LogP contribution in [0, 0.1) is 12.3 Å². The van der Waals surface area contributed by atoms with Gasteiger partial charge in [0.1, 0.15) is 17.4 Å². The smallest absolute Gasteiger partial charge is 0.261 e. The minimum atomic E-state index is -0.381. The van der Waals surface area contributed by atoms with Gasteiger partial charge < -0.3 is 10.6 Å². The third-order valence-electron chi connectivity index (χ3n) is 6.24. The first kappa shape index (κ1) is 21.6. The van der Waals surface area contributed by atoms with Crippen molar-refractivity contribution in [1.82, 2.24) is 9.78 Å². The van der Waals surface area contributed by atoms with Gasteiger partial charge >= 0.3 is 0 Å². The molecule has 33 heavy (non-hydrogen) atoms. The van der Waals surface area contributed by atoms with Crippen molar-refractivity contribution >= 4 is 39.1 Å². The summed E-state index contributed by atoms with van der Waals surface area (Å²) in [5.41, 5.74) is 4.70. The minimum Gasteiger partial charge on any atom is -0.343 e. The molecular weight excluding hydrogens is 480 g/mol. The predicted molar refractivity (Wildman–Crippen MR) is 132 cm³/mol. The maximum absolute atomic E-state index is 13.3. The lowest BCUT2D eigenvalue weighted by atomic mass is 9.73. The summed E-state index contributed by atoms with van der Waals surface area (Å²) in [6, 6.07) is 15.2. The van der Waals surface area contributed by atoms with Gasteiger partial charge in [0, 0.05) is 27.9 Å². The van der Waals surface area contributed by atoms with Crippen molar-refractivity contribution in [1.29, 1.82) is 0 Å². The number of hydrogen-bond donors (Lipinski definition) is 2. The molecule has 1 amide bonds. The van der Waals surface area contributed by atoms with E-state index in [1.54, 1.807) is 10.9 Å². The Labute approximate surface area is 201 Å². The molecule has 2 aliphatic rings. The van der Waals surface area contributed by atoms with Gasteiger partial charge in [-0.1, -0.05) is 59.6 Å². The molecule has 3 aromatic rings. The fraction of sp³-hybridized carbons (Fsp3) is 0.269. The van der Waals surface area contributed by atoms with Crippen LogP contribution in [0.25, 0.3) is 0 Å². The molecule has 1 aromatic heterocycles. The lowest BCUT2D eigenvalue weighted by Crippen LogP contribution is -2.36. The highest BCUT2D eigenvalue weighted by molar-refractivity contribution is 9.10. The van der Waals surface area contributed by atoms with E-state index in [-0.39, 0.29) is 23.1 Å². The van der Waals surface area contributed by atoms with Crippen molar-refractivity contribution in [2.45, 2.75) is 39.7 Å². The number of nitrogens with zero attached hydrogens (tertiary/aromatic N) is 2. The van der Waals surface area contributed by atoms with Crippen molar-refractivity contribution in [3.8, 4) is 0 Å². The molecule has 1 atom stereocenters. The van der Waals surface area contributed by atoms with Crippen LogP contribution in [-0.4, -0.2) is 21.5 Å². The number of anilines is 2. The first-order chi connectivity index (χ1) is 15.7. The standard InChI is InChI=1S/C26H25BrN4O2/c1-15-4-10-18(11-5-15)29-25(33)19-14-28-31-23(16-6-8-17(27)9-7-16)22-20(30-24(19)31)12-26(2,3)13-21(22)32/h4-11,14,23,30H,12-13H2,1-3H3,(H,29,33). The van der Waals surface area contributed by atoms with E-state index in [2.05, 4.69) is 45.5 Å². The second kappa shape index (κ2) is 7.99. The van der Waals surface area contributed by atoms with E-state index in [9.17, 15) is 9.59 Å². The van der Waals surface area contributed by atoms with Crippen LogP contribution < -0.4 is 10.6 Å². The van der Waals surface area contributed by atoms with Gasteiger partial charge in [-0.2, -0.15) is 5.10 Å². The quantitative estimate of drug-likeness (QED) is 0.467. The summed E-state index contributed by atoms with van der Waals surface area (Å²) in [5, 5.41) is 10.9. The second-order valence-corrected chi connectivity index (χ2v) is 10.5. The topological polar surface area (TPSA) is 76.0 Å². The average Bonchev–Trinajstić information content (AvgIpc) is 3.17. The molecule has 2 N–H and O–H groups in total. The SMILES string of the molecule is Cc1ccc(NC(=O)c2cnn3c2NC2=C(C(=O)CC(C)(C)C2)C3c2ccc(Br)cc2)cc1. The van der Waals surface area contributed by atoms with Crippen molar-refractivity contribution in [2.75, 3.05) is 10.6 Å². The number of aryl methyl sites for hydroxylation is 1. The van der Waals surface area contributed by atoms with E-state index in [1.165, 1.54) is 0 Å².